The molecule has 1 amide bonds. The molecule has 0 saturated carbocycles. The molecule has 8 heteroatoms. The fourth-order valence-electron chi connectivity index (χ4n) is 1.71. The van der Waals surface area contributed by atoms with Crippen LogP contribution in [0.4, 0.5) is 5.82 Å². The van der Waals surface area contributed by atoms with E-state index in [0.717, 1.165) is 0 Å². The number of carbonyl (C=O) groups is 1. The third kappa shape index (κ3) is 3.75. The first-order valence-electron chi connectivity index (χ1n) is 6.06. The van der Waals surface area contributed by atoms with Gasteiger partial charge in [-0.25, -0.2) is 0 Å². The average Bonchev–Trinajstić information content (AvgIpc) is 2.84. The van der Waals surface area contributed by atoms with E-state index in [2.05, 4.69) is 10.4 Å². The molecule has 0 aliphatic heterocycles. The van der Waals surface area contributed by atoms with E-state index in [1.54, 1.807) is 0 Å². The van der Waals surface area contributed by atoms with Crippen molar-refractivity contribution in [1.82, 2.24) is 15.1 Å². The van der Waals surface area contributed by atoms with Crippen molar-refractivity contribution in [3.63, 3.8) is 0 Å². The van der Waals surface area contributed by atoms with Crippen molar-refractivity contribution in [2.24, 2.45) is 0 Å². The topological polar surface area (TPSA) is 110 Å². The second-order valence-corrected chi connectivity index (χ2v) is 4.32. The highest BCUT2D eigenvalue weighted by atomic mass is 16.6. The lowest BCUT2D eigenvalue weighted by Gasteiger charge is -2.30. The van der Waals surface area contributed by atoms with E-state index in [1.165, 1.54) is 16.9 Å². The number of nitrogens with zero attached hydrogens (tertiary/aromatic N) is 3. The normalized spacial score (nSPS) is 11.3. The minimum Gasteiger partial charge on any atom is -0.394 e. The Labute approximate surface area is 110 Å². The van der Waals surface area contributed by atoms with Crippen LogP contribution in [0.3, 0.4) is 0 Å². The zero-order valence-corrected chi connectivity index (χ0v) is 11.0. The van der Waals surface area contributed by atoms with E-state index >= 15 is 0 Å². The molecule has 0 aromatic carbocycles. The Kier molecular flexibility index (Phi) is 4.99. The number of aliphatic hydroxyl groups is 1. The zero-order chi connectivity index (χ0) is 14.5. The van der Waals surface area contributed by atoms with Crippen LogP contribution in [0.2, 0.25) is 0 Å². The summed E-state index contributed by atoms with van der Waals surface area (Å²) >= 11 is 0. The number of hydrogen-bond acceptors (Lipinski definition) is 5. The van der Waals surface area contributed by atoms with Crippen molar-refractivity contribution >= 4 is 11.7 Å². The summed E-state index contributed by atoms with van der Waals surface area (Å²) < 4.78 is 1.20. The van der Waals surface area contributed by atoms with Crippen LogP contribution in [0.25, 0.3) is 0 Å². The molecule has 0 unspecified atom stereocenters. The molecule has 0 aliphatic rings. The number of aliphatic hydroxyl groups excluding tert-OH is 1. The zero-order valence-electron chi connectivity index (χ0n) is 11.0. The van der Waals surface area contributed by atoms with Gasteiger partial charge in [0.15, 0.2) is 0 Å². The van der Waals surface area contributed by atoms with Gasteiger partial charge in [-0.2, -0.15) is 4.68 Å². The van der Waals surface area contributed by atoms with Crippen molar-refractivity contribution in [1.29, 1.82) is 0 Å². The summed E-state index contributed by atoms with van der Waals surface area (Å²) in [6, 6.07) is 1.23. The minimum absolute atomic E-state index is 0.115. The second-order valence-electron chi connectivity index (χ2n) is 4.32. The minimum atomic E-state index is -0.643. The maximum atomic E-state index is 11.8. The molecular formula is C11H18N4O4. The van der Waals surface area contributed by atoms with Gasteiger partial charge in [-0.3, -0.25) is 4.79 Å². The largest absolute Gasteiger partial charge is 0.394 e. The lowest BCUT2D eigenvalue weighted by atomic mass is 9.94. The highest BCUT2D eigenvalue weighted by molar-refractivity contribution is 5.76. The second kappa shape index (κ2) is 6.28. The van der Waals surface area contributed by atoms with Gasteiger partial charge < -0.3 is 20.5 Å². The molecule has 1 aromatic heterocycles. The number of nitro groups is 1. The Morgan fingerprint density at radius 1 is 1.58 bits per heavy atom. The summed E-state index contributed by atoms with van der Waals surface area (Å²) in [5, 5.41) is 26.2. The Morgan fingerprint density at radius 2 is 2.21 bits per heavy atom. The number of carbonyl (C=O) groups excluding carboxylic acids is 1. The van der Waals surface area contributed by atoms with Crippen LogP contribution >= 0.6 is 0 Å². The number of rotatable bonds is 7. The quantitative estimate of drug-likeness (QED) is 0.552. The fourth-order valence-corrected chi connectivity index (χ4v) is 1.71. The highest BCUT2D eigenvalue weighted by Gasteiger charge is 2.27. The van der Waals surface area contributed by atoms with Gasteiger partial charge in [0.05, 0.1) is 29.5 Å². The molecule has 106 valence electrons. The summed E-state index contributed by atoms with van der Waals surface area (Å²) in [6.07, 6.45) is 2.58. The SMILES string of the molecule is CCC(CC)(CO)NC(=O)Cn1ccc([N+](=O)[O-])n1. The van der Waals surface area contributed by atoms with Crippen LogP contribution in [0.1, 0.15) is 26.7 Å². The summed E-state index contributed by atoms with van der Waals surface area (Å²) in [6.45, 7) is 3.48. The standard InChI is InChI=1S/C11H18N4O4/c1-3-11(4-2,8-16)12-10(17)7-14-6-5-9(13-14)15(18)19/h5-6,16H,3-4,7-8H2,1-2H3,(H,12,17). The van der Waals surface area contributed by atoms with Crippen LogP contribution in [0.15, 0.2) is 12.3 Å². The monoisotopic (exact) mass is 270 g/mol. The van der Waals surface area contributed by atoms with E-state index in [4.69, 9.17) is 0 Å². The fraction of sp³-hybridized carbons (Fsp3) is 0.636. The molecule has 0 atom stereocenters. The van der Waals surface area contributed by atoms with E-state index in [1.807, 2.05) is 13.8 Å². The molecule has 0 fully saturated rings. The van der Waals surface area contributed by atoms with Crippen LogP contribution in [-0.4, -0.2) is 37.9 Å². The third-order valence-corrected chi connectivity index (χ3v) is 3.18. The molecule has 2 N–H and O–H groups in total. The van der Waals surface area contributed by atoms with Gasteiger partial charge >= 0.3 is 5.82 Å². The molecule has 0 saturated heterocycles. The van der Waals surface area contributed by atoms with Gasteiger partial charge in [0.2, 0.25) is 5.91 Å². The van der Waals surface area contributed by atoms with Gasteiger partial charge in [0, 0.05) is 0 Å². The van der Waals surface area contributed by atoms with Gasteiger partial charge in [-0.05, 0) is 17.8 Å². The Morgan fingerprint density at radius 3 is 2.63 bits per heavy atom. The van der Waals surface area contributed by atoms with Crippen molar-refractivity contribution in [2.45, 2.75) is 38.8 Å². The first-order valence-corrected chi connectivity index (χ1v) is 6.06. The predicted octanol–water partition coefficient (Wildman–Crippen LogP) is 0.459. The van der Waals surface area contributed by atoms with Crippen LogP contribution in [-0.2, 0) is 11.3 Å². The molecular weight excluding hydrogens is 252 g/mol. The van der Waals surface area contributed by atoms with Crippen molar-refractivity contribution in [2.75, 3.05) is 6.61 Å². The lowest BCUT2D eigenvalue weighted by Crippen LogP contribution is -2.51. The summed E-state index contributed by atoms with van der Waals surface area (Å²) in [4.78, 5) is 21.7. The third-order valence-electron chi connectivity index (χ3n) is 3.18. The Hall–Kier alpha value is -1.96. The Balaban J connectivity index is 2.66. The molecule has 1 heterocycles. The van der Waals surface area contributed by atoms with Crippen molar-refractivity contribution in [3.8, 4) is 0 Å². The molecule has 8 nitrogen and oxygen atoms in total. The van der Waals surface area contributed by atoms with Crippen LogP contribution < -0.4 is 5.32 Å². The molecule has 0 aliphatic carbocycles. The number of nitrogens with one attached hydrogen (secondary N) is 1. The van der Waals surface area contributed by atoms with Crippen LogP contribution in [0, 0.1) is 10.1 Å². The van der Waals surface area contributed by atoms with Gasteiger partial charge in [0.1, 0.15) is 6.54 Å². The van der Waals surface area contributed by atoms with Crippen molar-refractivity contribution < 1.29 is 14.8 Å². The van der Waals surface area contributed by atoms with Crippen LogP contribution in [0.5, 0.6) is 0 Å². The first-order chi connectivity index (χ1) is 8.96. The smallest absolute Gasteiger partial charge is 0.389 e. The predicted molar refractivity (Wildman–Crippen MR) is 67.4 cm³/mol. The first kappa shape index (κ1) is 15.1. The molecule has 1 aromatic rings. The molecule has 0 radical (unpaired) electrons. The van der Waals surface area contributed by atoms with E-state index in [9.17, 15) is 20.0 Å². The van der Waals surface area contributed by atoms with Crippen molar-refractivity contribution in [3.05, 3.63) is 22.4 Å². The maximum absolute atomic E-state index is 11.8. The number of amides is 1. The van der Waals surface area contributed by atoms with E-state index in [-0.39, 0.29) is 24.9 Å². The van der Waals surface area contributed by atoms with Gasteiger partial charge in [-0.15, -0.1) is 0 Å². The lowest BCUT2D eigenvalue weighted by molar-refractivity contribution is -0.389. The van der Waals surface area contributed by atoms with Gasteiger partial charge in [0.25, 0.3) is 0 Å². The van der Waals surface area contributed by atoms with Gasteiger partial charge in [-0.1, -0.05) is 13.8 Å². The molecule has 0 spiro atoms. The molecule has 0 bridgehead atoms. The van der Waals surface area contributed by atoms with E-state index in [0.29, 0.717) is 12.8 Å². The van der Waals surface area contributed by atoms with E-state index < -0.39 is 10.5 Å². The number of hydrogen-bond donors (Lipinski definition) is 2. The average molecular weight is 270 g/mol. The molecule has 1 rings (SSSR count). The summed E-state index contributed by atoms with van der Waals surface area (Å²) in [7, 11) is 0. The Bertz CT molecular complexity index is 445. The maximum Gasteiger partial charge on any atom is 0.389 e. The summed E-state index contributed by atoms with van der Waals surface area (Å²) in [5.41, 5.74) is -0.643. The number of aromatic nitrogens is 2. The highest BCUT2D eigenvalue weighted by Crippen LogP contribution is 2.14. The molecule has 19 heavy (non-hydrogen) atoms. The summed E-state index contributed by atoms with van der Waals surface area (Å²) in [5.74, 6) is -0.636.